The number of carbonyl (C=O) groups excluding carboxylic acids is 3. The molecule has 8 heteroatoms. The normalized spacial score (nSPS) is 16.8. The van der Waals surface area contributed by atoms with Gasteiger partial charge >= 0.3 is 5.97 Å². The van der Waals surface area contributed by atoms with Crippen molar-refractivity contribution in [1.29, 1.82) is 0 Å². The van der Waals surface area contributed by atoms with Crippen molar-refractivity contribution in [2.75, 3.05) is 23.8 Å². The maximum atomic E-state index is 12.6. The Morgan fingerprint density at radius 2 is 2.03 bits per heavy atom. The van der Waals surface area contributed by atoms with E-state index in [0.29, 0.717) is 5.69 Å². The third-order valence-corrected chi connectivity index (χ3v) is 5.07. The van der Waals surface area contributed by atoms with Gasteiger partial charge in [-0.15, -0.1) is 0 Å². The third kappa shape index (κ3) is 6.32. The minimum Gasteiger partial charge on any atom is -0.461 e. The van der Waals surface area contributed by atoms with Crippen molar-refractivity contribution in [3.05, 3.63) is 36.4 Å². The van der Waals surface area contributed by atoms with Gasteiger partial charge in [0, 0.05) is 11.4 Å². The van der Waals surface area contributed by atoms with Gasteiger partial charge in [-0.25, -0.2) is 0 Å². The largest absolute Gasteiger partial charge is 0.461 e. The number of ether oxygens (including phenoxy) is 1. The van der Waals surface area contributed by atoms with Gasteiger partial charge in [0.05, 0.1) is 25.0 Å². The molecule has 1 heterocycles. The summed E-state index contributed by atoms with van der Waals surface area (Å²) < 4.78 is 4.97. The highest BCUT2D eigenvalue weighted by molar-refractivity contribution is 5.98. The number of carbonyl (C=O) groups is 3. The van der Waals surface area contributed by atoms with Gasteiger partial charge in [0.15, 0.2) is 0 Å². The minimum atomic E-state index is -0.783. The van der Waals surface area contributed by atoms with Gasteiger partial charge in [0.25, 0.3) is 0 Å². The molecule has 1 aromatic carbocycles. The maximum Gasteiger partial charge on any atom is 0.306 e. The van der Waals surface area contributed by atoms with Gasteiger partial charge in [-0.3, -0.25) is 14.4 Å². The number of fused-ring (bicyclic) bond motifs is 1. The van der Waals surface area contributed by atoms with E-state index in [2.05, 4.69) is 22.5 Å². The lowest BCUT2D eigenvalue weighted by Gasteiger charge is -2.22. The summed E-state index contributed by atoms with van der Waals surface area (Å²) in [5.41, 5.74) is 2.55. The molecule has 0 bridgehead atoms. The lowest BCUT2D eigenvalue weighted by molar-refractivity contribution is -0.146. The Morgan fingerprint density at radius 1 is 1.30 bits per heavy atom. The second-order valence-corrected chi connectivity index (χ2v) is 7.85. The molecule has 0 aliphatic carbocycles. The molecule has 3 atom stereocenters. The number of esters is 1. The molecule has 1 aromatic rings. The number of anilines is 2. The Kier molecular flexibility index (Phi) is 8.41. The molecule has 1 aliphatic rings. The van der Waals surface area contributed by atoms with Crippen LogP contribution in [0.5, 0.6) is 0 Å². The molecule has 0 fully saturated rings. The number of aliphatic hydroxyl groups excluding tert-OH is 1. The Morgan fingerprint density at radius 3 is 2.67 bits per heavy atom. The van der Waals surface area contributed by atoms with Crippen LogP contribution in [0.25, 0.3) is 0 Å². The van der Waals surface area contributed by atoms with Crippen molar-refractivity contribution in [2.45, 2.75) is 45.7 Å². The molecule has 0 saturated carbocycles. The van der Waals surface area contributed by atoms with Crippen molar-refractivity contribution in [3.63, 3.8) is 0 Å². The molecule has 0 saturated heterocycles. The van der Waals surface area contributed by atoms with E-state index in [1.807, 2.05) is 26.0 Å². The number of aliphatic hydroxyl groups is 1. The predicted molar refractivity (Wildman–Crippen MR) is 115 cm³/mol. The first-order chi connectivity index (χ1) is 14.2. The van der Waals surface area contributed by atoms with Gasteiger partial charge in [-0.05, 0) is 37.0 Å². The average Bonchev–Trinajstić information content (AvgIpc) is 3.12. The van der Waals surface area contributed by atoms with E-state index in [9.17, 15) is 19.5 Å². The van der Waals surface area contributed by atoms with Crippen LogP contribution < -0.4 is 16.0 Å². The maximum absolute atomic E-state index is 12.6. The number of nitrogens with one attached hydrogen (secondary N) is 3. The van der Waals surface area contributed by atoms with Gasteiger partial charge in [-0.1, -0.05) is 32.6 Å². The molecule has 2 rings (SSSR count). The summed E-state index contributed by atoms with van der Waals surface area (Å²) in [4.78, 5) is 37.0. The van der Waals surface area contributed by atoms with Crippen molar-refractivity contribution in [1.82, 2.24) is 5.32 Å². The zero-order chi connectivity index (χ0) is 22.3. The minimum absolute atomic E-state index is 0.0182. The van der Waals surface area contributed by atoms with E-state index in [1.165, 1.54) is 6.08 Å². The van der Waals surface area contributed by atoms with E-state index in [-0.39, 0.29) is 43.4 Å². The first-order valence-corrected chi connectivity index (χ1v) is 10.1. The molecule has 8 nitrogen and oxygen atoms in total. The standard InChI is InChI=1S/C22H31N3O5/c1-5-8-30-20(27)11-18(13(2)3)22(29)23-14(4)21(28)25-16-7-6-15-9-17(12-26)24-19(15)10-16/h5-7,10,13-14,17-18,24,26H,1,8-9,11-12H2,2-4H3,(H,23,29)(H,25,28)/t14-,17-,18-/m0/s1. The molecule has 30 heavy (non-hydrogen) atoms. The quantitative estimate of drug-likeness (QED) is 0.341. The van der Waals surface area contributed by atoms with Crippen molar-refractivity contribution in [2.24, 2.45) is 11.8 Å². The number of amides is 2. The Bertz CT molecular complexity index is 793. The van der Waals surface area contributed by atoms with Crippen LogP contribution in [0, 0.1) is 11.8 Å². The zero-order valence-electron chi connectivity index (χ0n) is 17.7. The highest BCUT2D eigenvalue weighted by Crippen LogP contribution is 2.28. The zero-order valence-corrected chi connectivity index (χ0v) is 17.7. The summed E-state index contributed by atoms with van der Waals surface area (Å²) in [7, 11) is 0. The smallest absolute Gasteiger partial charge is 0.306 e. The topological polar surface area (TPSA) is 117 Å². The average molecular weight is 418 g/mol. The molecule has 4 N–H and O–H groups in total. The first kappa shape index (κ1) is 23.4. The van der Waals surface area contributed by atoms with Gasteiger partial charge in [-0.2, -0.15) is 0 Å². The number of hydrogen-bond donors (Lipinski definition) is 4. The Hall–Kier alpha value is -2.87. The molecular formula is C22H31N3O5. The van der Waals surface area contributed by atoms with E-state index in [0.717, 1.165) is 17.7 Å². The molecular weight excluding hydrogens is 386 g/mol. The van der Waals surface area contributed by atoms with Crippen LogP contribution in [-0.2, 0) is 25.5 Å². The van der Waals surface area contributed by atoms with Crippen LogP contribution in [-0.4, -0.2) is 48.2 Å². The number of benzene rings is 1. The predicted octanol–water partition coefficient (Wildman–Crippen LogP) is 1.85. The Labute approximate surface area is 177 Å². The van der Waals surface area contributed by atoms with Crippen LogP contribution in [0.2, 0.25) is 0 Å². The molecule has 0 unspecified atom stereocenters. The van der Waals surface area contributed by atoms with Gasteiger partial charge in [0.2, 0.25) is 11.8 Å². The van der Waals surface area contributed by atoms with Crippen molar-refractivity contribution < 1.29 is 24.2 Å². The SMILES string of the molecule is C=CCOC(=O)C[C@H](C(=O)N[C@@H](C)C(=O)Nc1ccc2c(c1)N[C@H](CO)C2)C(C)C. The lowest BCUT2D eigenvalue weighted by Crippen LogP contribution is -2.45. The number of rotatable bonds is 10. The van der Waals surface area contributed by atoms with Crippen LogP contribution in [0.3, 0.4) is 0 Å². The van der Waals surface area contributed by atoms with Crippen molar-refractivity contribution >= 4 is 29.2 Å². The van der Waals surface area contributed by atoms with Crippen molar-refractivity contribution in [3.8, 4) is 0 Å². The van der Waals surface area contributed by atoms with Crippen LogP contribution >= 0.6 is 0 Å². The highest BCUT2D eigenvalue weighted by Gasteiger charge is 2.28. The molecule has 1 aliphatic heterocycles. The fraction of sp³-hybridized carbons (Fsp3) is 0.500. The van der Waals surface area contributed by atoms with E-state index >= 15 is 0 Å². The summed E-state index contributed by atoms with van der Waals surface area (Å²) in [5, 5.41) is 18.0. The summed E-state index contributed by atoms with van der Waals surface area (Å²) in [6.45, 7) is 8.89. The second kappa shape index (κ2) is 10.8. The molecule has 0 radical (unpaired) electrons. The van der Waals surface area contributed by atoms with E-state index < -0.39 is 17.9 Å². The molecule has 0 spiro atoms. The Balaban J connectivity index is 1.93. The van der Waals surface area contributed by atoms with Crippen LogP contribution in [0.1, 0.15) is 32.8 Å². The number of hydrogen-bond acceptors (Lipinski definition) is 6. The first-order valence-electron chi connectivity index (χ1n) is 10.1. The fourth-order valence-electron chi connectivity index (χ4n) is 3.27. The summed E-state index contributed by atoms with van der Waals surface area (Å²) >= 11 is 0. The van der Waals surface area contributed by atoms with E-state index in [1.54, 1.807) is 13.0 Å². The molecule has 0 aromatic heterocycles. The second-order valence-electron chi connectivity index (χ2n) is 7.85. The van der Waals surface area contributed by atoms with E-state index in [4.69, 9.17) is 4.74 Å². The summed E-state index contributed by atoms with van der Waals surface area (Å²) in [6.07, 6.45) is 2.14. The summed E-state index contributed by atoms with van der Waals surface area (Å²) in [6, 6.07) is 4.70. The molecule has 2 amide bonds. The molecule has 164 valence electrons. The van der Waals surface area contributed by atoms with Gasteiger partial charge in [0.1, 0.15) is 12.6 Å². The summed E-state index contributed by atoms with van der Waals surface area (Å²) in [5.74, 6) is -1.91. The fourth-order valence-corrected chi connectivity index (χ4v) is 3.27. The third-order valence-electron chi connectivity index (χ3n) is 5.07. The van der Waals surface area contributed by atoms with Crippen LogP contribution in [0.15, 0.2) is 30.9 Å². The van der Waals surface area contributed by atoms with Gasteiger partial charge < -0.3 is 25.8 Å². The lowest BCUT2D eigenvalue weighted by atomic mass is 9.91. The highest BCUT2D eigenvalue weighted by atomic mass is 16.5. The monoisotopic (exact) mass is 417 g/mol. The van der Waals surface area contributed by atoms with Crippen LogP contribution in [0.4, 0.5) is 11.4 Å².